The zero-order valence-corrected chi connectivity index (χ0v) is 16.0. The Balaban J connectivity index is 1.54. The van der Waals surface area contributed by atoms with E-state index in [1.165, 1.54) is 0 Å². The van der Waals surface area contributed by atoms with Gasteiger partial charge in [0, 0.05) is 12.7 Å². The minimum absolute atomic E-state index is 0.297. The smallest absolute Gasteiger partial charge is 0.319 e. The molecule has 0 spiro atoms. The Morgan fingerprint density at radius 1 is 0.897 bits per heavy atom. The molecular weight excluding hydrogens is 368 g/mol. The summed E-state index contributed by atoms with van der Waals surface area (Å²) in [4.78, 5) is 28.6. The first-order valence-corrected chi connectivity index (χ1v) is 9.15. The molecule has 0 bridgehead atoms. The van der Waals surface area contributed by atoms with Gasteiger partial charge in [0.25, 0.3) is 5.91 Å². The normalized spacial score (nSPS) is 10.1. The van der Waals surface area contributed by atoms with E-state index in [9.17, 15) is 9.59 Å². The van der Waals surface area contributed by atoms with Crippen LogP contribution in [-0.2, 0) is 6.42 Å². The number of para-hydroxylation sites is 2. The zero-order valence-electron chi connectivity index (χ0n) is 16.0. The highest BCUT2D eigenvalue weighted by Crippen LogP contribution is 2.21. The van der Waals surface area contributed by atoms with Crippen molar-refractivity contribution in [1.29, 1.82) is 0 Å². The molecule has 148 valence electrons. The zero-order chi connectivity index (χ0) is 20.5. The molecule has 1 heterocycles. The van der Waals surface area contributed by atoms with E-state index in [0.29, 0.717) is 30.0 Å². The number of carbonyl (C=O) groups excluding carboxylic acids is 2. The van der Waals surface area contributed by atoms with Crippen molar-refractivity contribution in [3.63, 3.8) is 0 Å². The van der Waals surface area contributed by atoms with Crippen molar-refractivity contribution in [2.75, 3.05) is 24.3 Å². The Hall–Kier alpha value is -3.87. The van der Waals surface area contributed by atoms with E-state index in [1.54, 1.807) is 55.8 Å². The van der Waals surface area contributed by atoms with Gasteiger partial charge in [-0.2, -0.15) is 0 Å². The molecule has 3 aromatic rings. The molecule has 0 saturated heterocycles. The summed E-state index contributed by atoms with van der Waals surface area (Å²) in [5.74, 6) is 0.448. The highest BCUT2D eigenvalue weighted by atomic mass is 16.5. The average molecular weight is 390 g/mol. The Morgan fingerprint density at radius 3 is 2.24 bits per heavy atom. The number of aromatic nitrogens is 1. The summed E-state index contributed by atoms with van der Waals surface area (Å²) >= 11 is 0. The largest absolute Gasteiger partial charge is 0.497 e. The second-order valence-electron chi connectivity index (χ2n) is 6.19. The van der Waals surface area contributed by atoms with E-state index in [2.05, 4.69) is 20.9 Å². The molecule has 0 fully saturated rings. The van der Waals surface area contributed by atoms with Gasteiger partial charge in [-0.05, 0) is 48.4 Å². The van der Waals surface area contributed by atoms with Crippen LogP contribution in [0.2, 0.25) is 0 Å². The fraction of sp³-hybridized carbons (Fsp3) is 0.136. The lowest BCUT2D eigenvalue weighted by Crippen LogP contribution is -2.30. The predicted octanol–water partition coefficient (Wildman–Crippen LogP) is 3.71. The van der Waals surface area contributed by atoms with Gasteiger partial charge >= 0.3 is 6.03 Å². The lowest BCUT2D eigenvalue weighted by Gasteiger charge is -2.13. The van der Waals surface area contributed by atoms with Crippen LogP contribution in [0.4, 0.5) is 16.2 Å². The van der Waals surface area contributed by atoms with Crippen LogP contribution >= 0.6 is 0 Å². The lowest BCUT2D eigenvalue weighted by atomic mass is 10.1. The number of hydrogen-bond acceptors (Lipinski definition) is 4. The van der Waals surface area contributed by atoms with Crippen LogP contribution in [0.1, 0.15) is 16.1 Å². The molecule has 2 aromatic carbocycles. The number of benzene rings is 2. The molecule has 1 aromatic heterocycles. The SMILES string of the molecule is COc1ccc(CCNC(=O)Nc2ccccc2NC(=O)c2ccccn2)cc1. The number of urea groups is 1. The molecule has 0 aliphatic heterocycles. The third-order valence-electron chi connectivity index (χ3n) is 4.18. The van der Waals surface area contributed by atoms with Gasteiger partial charge in [-0.1, -0.05) is 30.3 Å². The number of amides is 3. The first-order chi connectivity index (χ1) is 14.2. The van der Waals surface area contributed by atoms with Gasteiger partial charge in [0.05, 0.1) is 18.5 Å². The summed E-state index contributed by atoms with van der Waals surface area (Å²) in [6.07, 6.45) is 2.24. The van der Waals surface area contributed by atoms with Gasteiger partial charge < -0.3 is 20.7 Å². The molecule has 0 radical (unpaired) electrons. The highest BCUT2D eigenvalue weighted by Gasteiger charge is 2.11. The number of anilines is 2. The third-order valence-corrected chi connectivity index (χ3v) is 4.18. The number of rotatable bonds is 7. The summed E-state index contributed by atoms with van der Waals surface area (Å²) in [7, 11) is 1.62. The summed E-state index contributed by atoms with van der Waals surface area (Å²) in [6, 6.07) is 19.4. The van der Waals surface area contributed by atoms with Crippen molar-refractivity contribution in [2.45, 2.75) is 6.42 Å². The van der Waals surface area contributed by atoms with E-state index < -0.39 is 0 Å². The molecule has 3 amide bonds. The number of nitrogens with zero attached hydrogens (tertiary/aromatic N) is 1. The van der Waals surface area contributed by atoms with E-state index in [0.717, 1.165) is 11.3 Å². The number of pyridine rings is 1. The van der Waals surface area contributed by atoms with Gasteiger partial charge in [0.2, 0.25) is 0 Å². The fourth-order valence-electron chi connectivity index (χ4n) is 2.66. The van der Waals surface area contributed by atoms with Crippen LogP contribution in [-0.4, -0.2) is 30.6 Å². The molecular formula is C22H22N4O3. The molecule has 7 heteroatoms. The van der Waals surface area contributed by atoms with E-state index in [4.69, 9.17) is 4.74 Å². The highest BCUT2D eigenvalue weighted by molar-refractivity contribution is 6.06. The van der Waals surface area contributed by atoms with Crippen molar-refractivity contribution in [3.8, 4) is 5.75 Å². The first kappa shape index (κ1) is 19.9. The van der Waals surface area contributed by atoms with Gasteiger partial charge in [0.15, 0.2) is 0 Å². The number of nitrogens with one attached hydrogen (secondary N) is 3. The maximum Gasteiger partial charge on any atom is 0.319 e. The lowest BCUT2D eigenvalue weighted by molar-refractivity contribution is 0.102. The molecule has 0 saturated carbocycles. The molecule has 0 aliphatic carbocycles. The summed E-state index contributed by atoms with van der Waals surface area (Å²) in [6.45, 7) is 0.473. The molecule has 29 heavy (non-hydrogen) atoms. The quantitative estimate of drug-likeness (QED) is 0.573. The Bertz CT molecular complexity index is 959. The summed E-state index contributed by atoms with van der Waals surface area (Å²) < 4.78 is 5.13. The minimum Gasteiger partial charge on any atom is -0.497 e. The maximum atomic E-state index is 12.3. The number of methoxy groups -OCH3 is 1. The molecule has 3 N–H and O–H groups in total. The van der Waals surface area contributed by atoms with Crippen LogP contribution in [0.25, 0.3) is 0 Å². The molecule has 0 aliphatic rings. The monoisotopic (exact) mass is 390 g/mol. The maximum absolute atomic E-state index is 12.3. The van der Waals surface area contributed by atoms with Gasteiger partial charge in [-0.25, -0.2) is 4.79 Å². The fourth-order valence-corrected chi connectivity index (χ4v) is 2.66. The van der Waals surface area contributed by atoms with Gasteiger partial charge in [-0.15, -0.1) is 0 Å². The van der Waals surface area contributed by atoms with E-state index in [1.807, 2.05) is 24.3 Å². The summed E-state index contributed by atoms with van der Waals surface area (Å²) in [5.41, 5.74) is 2.38. The van der Waals surface area contributed by atoms with Crippen molar-refractivity contribution in [2.24, 2.45) is 0 Å². The van der Waals surface area contributed by atoms with Crippen molar-refractivity contribution < 1.29 is 14.3 Å². The third kappa shape index (κ3) is 5.80. The number of ether oxygens (including phenoxy) is 1. The molecule has 3 rings (SSSR count). The minimum atomic E-state index is -0.349. The van der Waals surface area contributed by atoms with Crippen LogP contribution in [0.5, 0.6) is 5.75 Å². The van der Waals surface area contributed by atoms with Gasteiger partial charge in [0.1, 0.15) is 11.4 Å². The Morgan fingerprint density at radius 2 is 1.59 bits per heavy atom. The number of carbonyl (C=O) groups is 2. The second kappa shape index (κ2) is 9.89. The Kier molecular flexibility index (Phi) is 6.78. The van der Waals surface area contributed by atoms with Crippen LogP contribution in [0, 0.1) is 0 Å². The standard InChI is InChI=1S/C22H22N4O3/c1-29-17-11-9-16(10-12-17)13-15-24-22(28)26-19-7-3-2-6-18(19)25-21(27)20-8-4-5-14-23-20/h2-12,14H,13,15H2,1H3,(H,25,27)(H2,24,26,28). The molecule has 7 nitrogen and oxygen atoms in total. The van der Waals surface area contributed by atoms with Crippen molar-refractivity contribution in [1.82, 2.24) is 10.3 Å². The second-order valence-corrected chi connectivity index (χ2v) is 6.19. The van der Waals surface area contributed by atoms with Crippen LogP contribution < -0.4 is 20.7 Å². The van der Waals surface area contributed by atoms with Crippen molar-refractivity contribution in [3.05, 3.63) is 84.2 Å². The topological polar surface area (TPSA) is 92.4 Å². The van der Waals surface area contributed by atoms with Gasteiger partial charge in [-0.3, -0.25) is 9.78 Å². The average Bonchev–Trinajstić information content (AvgIpc) is 2.76. The van der Waals surface area contributed by atoms with Crippen LogP contribution in [0.3, 0.4) is 0 Å². The van der Waals surface area contributed by atoms with Crippen molar-refractivity contribution >= 4 is 23.3 Å². The molecule has 0 atom stereocenters. The predicted molar refractivity (Wildman–Crippen MR) is 112 cm³/mol. The van der Waals surface area contributed by atoms with E-state index >= 15 is 0 Å². The number of hydrogen-bond donors (Lipinski definition) is 3. The Labute approximate surface area is 169 Å². The first-order valence-electron chi connectivity index (χ1n) is 9.15. The summed E-state index contributed by atoms with van der Waals surface area (Å²) in [5, 5.41) is 8.35. The van der Waals surface area contributed by atoms with E-state index in [-0.39, 0.29) is 11.9 Å². The molecule has 0 unspecified atom stereocenters. The van der Waals surface area contributed by atoms with Crippen LogP contribution in [0.15, 0.2) is 72.9 Å².